The number of hydrogen-bond acceptors (Lipinski definition) is 5. The van der Waals surface area contributed by atoms with E-state index in [1.165, 1.54) is 22.3 Å². The van der Waals surface area contributed by atoms with Crippen LogP contribution in [-0.4, -0.2) is 25.0 Å². The molecular weight excluding hydrogens is 372 g/mol. The van der Waals surface area contributed by atoms with E-state index in [0.717, 1.165) is 11.1 Å². The highest BCUT2D eigenvalue weighted by molar-refractivity contribution is 7.08. The van der Waals surface area contributed by atoms with Gasteiger partial charge in [-0.25, -0.2) is 4.79 Å². The molecule has 0 aliphatic heterocycles. The van der Waals surface area contributed by atoms with Gasteiger partial charge < -0.3 is 9.64 Å². The van der Waals surface area contributed by atoms with E-state index in [9.17, 15) is 9.59 Å². The van der Waals surface area contributed by atoms with Crippen LogP contribution in [-0.2, 0) is 14.3 Å². The molecule has 134 valence electrons. The summed E-state index contributed by atoms with van der Waals surface area (Å²) >= 11 is 7.54. The van der Waals surface area contributed by atoms with E-state index in [4.69, 9.17) is 21.6 Å². The zero-order chi connectivity index (χ0) is 18.9. The third kappa shape index (κ3) is 5.73. The zero-order valence-electron chi connectivity index (χ0n) is 14.1. The molecule has 2 rings (SSSR count). The molecule has 0 radical (unpaired) electrons. The second-order valence-corrected chi connectivity index (χ2v) is 6.57. The first-order valence-electron chi connectivity index (χ1n) is 7.81. The number of carbonyl (C=O) groups excluding carboxylic acids is 2. The van der Waals surface area contributed by atoms with Crippen LogP contribution in [0.2, 0.25) is 5.02 Å². The van der Waals surface area contributed by atoms with Crippen LogP contribution >= 0.6 is 22.9 Å². The van der Waals surface area contributed by atoms with Crippen molar-refractivity contribution in [1.82, 2.24) is 0 Å². The van der Waals surface area contributed by atoms with Gasteiger partial charge in [0.2, 0.25) is 0 Å². The lowest BCUT2D eigenvalue weighted by molar-refractivity contribution is -0.142. The molecular formula is C19H17ClN2O3S. The Morgan fingerprint density at radius 2 is 2.19 bits per heavy atom. The van der Waals surface area contributed by atoms with Gasteiger partial charge in [0.15, 0.2) is 6.61 Å². The lowest BCUT2D eigenvalue weighted by atomic mass is 10.2. The minimum atomic E-state index is -0.600. The number of aryl methyl sites for hydroxylation is 1. The molecule has 1 heterocycles. The van der Waals surface area contributed by atoms with Crippen molar-refractivity contribution in [1.29, 1.82) is 5.26 Å². The van der Waals surface area contributed by atoms with Crippen LogP contribution in [0.25, 0.3) is 6.08 Å². The summed E-state index contributed by atoms with van der Waals surface area (Å²) in [7, 11) is 0. The molecule has 1 aromatic heterocycles. The van der Waals surface area contributed by atoms with Gasteiger partial charge >= 0.3 is 5.97 Å². The normalized spacial score (nSPS) is 10.5. The Morgan fingerprint density at radius 3 is 2.85 bits per heavy atom. The molecule has 0 bridgehead atoms. The van der Waals surface area contributed by atoms with Gasteiger partial charge in [-0.2, -0.15) is 16.6 Å². The molecule has 1 aromatic carbocycles. The maximum absolute atomic E-state index is 12.5. The number of nitriles is 1. The molecule has 26 heavy (non-hydrogen) atoms. The zero-order valence-corrected chi connectivity index (χ0v) is 15.7. The fourth-order valence-electron chi connectivity index (χ4n) is 2.15. The summed E-state index contributed by atoms with van der Waals surface area (Å²) in [6, 6.07) is 9.02. The summed E-state index contributed by atoms with van der Waals surface area (Å²) in [4.78, 5) is 25.7. The average Bonchev–Trinajstić information content (AvgIpc) is 3.15. The van der Waals surface area contributed by atoms with E-state index < -0.39 is 18.5 Å². The number of hydrogen-bond donors (Lipinski definition) is 0. The summed E-state index contributed by atoms with van der Waals surface area (Å²) < 4.78 is 5.02. The van der Waals surface area contributed by atoms with Gasteiger partial charge in [0.25, 0.3) is 5.91 Å². The van der Waals surface area contributed by atoms with Gasteiger partial charge in [0, 0.05) is 23.3 Å². The lowest BCUT2D eigenvalue weighted by Crippen LogP contribution is -2.35. The van der Waals surface area contributed by atoms with Gasteiger partial charge in [0.1, 0.15) is 0 Å². The predicted molar refractivity (Wildman–Crippen MR) is 103 cm³/mol. The topological polar surface area (TPSA) is 70.4 Å². The average molecular weight is 389 g/mol. The summed E-state index contributed by atoms with van der Waals surface area (Å²) in [5.41, 5.74) is 2.32. The molecule has 1 amide bonds. The number of halogens is 1. The molecule has 0 fully saturated rings. The SMILES string of the molecule is Cc1cc(N(CCC#N)C(=O)COC(=O)/C=C/c2ccsc2)ccc1Cl. The Labute approximate surface area is 161 Å². The van der Waals surface area contributed by atoms with Crippen molar-refractivity contribution in [2.24, 2.45) is 0 Å². The third-order valence-corrected chi connectivity index (χ3v) is 4.62. The molecule has 0 saturated heterocycles. The van der Waals surface area contributed by atoms with E-state index in [-0.39, 0.29) is 13.0 Å². The van der Waals surface area contributed by atoms with Crippen molar-refractivity contribution >= 4 is 46.6 Å². The number of nitrogens with zero attached hydrogens (tertiary/aromatic N) is 2. The number of thiophene rings is 1. The highest BCUT2D eigenvalue weighted by atomic mass is 35.5. The molecule has 0 saturated carbocycles. The Balaban J connectivity index is 2.00. The van der Waals surface area contributed by atoms with Crippen molar-refractivity contribution in [2.75, 3.05) is 18.1 Å². The van der Waals surface area contributed by atoms with Gasteiger partial charge in [0.05, 0.1) is 12.5 Å². The van der Waals surface area contributed by atoms with Crippen molar-refractivity contribution in [3.05, 3.63) is 57.3 Å². The smallest absolute Gasteiger partial charge is 0.331 e. The quantitative estimate of drug-likeness (QED) is 0.526. The Kier molecular flexibility index (Phi) is 7.39. The minimum Gasteiger partial charge on any atom is -0.452 e. The molecule has 0 N–H and O–H groups in total. The summed E-state index contributed by atoms with van der Waals surface area (Å²) in [5, 5.41) is 13.2. The Morgan fingerprint density at radius 1 is 1.38 bits per heavy atom. The van der Waals surface area contributed by atoms with Crippen LogP contribution in [0.15, 0.2) is 41.1 Å². The number of anilines is 1. The first-order valence-corrected chi connectivity index (χ1v) is 9.14. The molecule has 0 atom stereocenters. The number of carbonyl (C=O) groups is 2. The van der Waals surface area contributed by atoms with Crippen molar-refractivity contribution in [3.8, 4) is 6.07 Å². The van der Waals surface area contributed by atoms with Crippen LogP contribution in [0.1, 0.15) is 17.5 Å². The number of benzene rings is 1. The second kappa shape index (κ2) is 9.76. The number of amides is 1. The number of ether oxygens (including phenoxy) is 1. The second-order valence-electron chi connectivity index (χ2n) is 5.38. The van der Waals surface area contributed by atoms with E-state index in [1.807, 2.05) is 29.8 Å². The molecule has 0 aliphatic carbocycles. The first-order chi connectivity index (χ1) is 12.5. The fraction of sp³-hybridized carbons (Fsp3) is 0.211. The maximum atomic E-state index is 12.5. The van der Waals surface area contributed by atoms with E-state index in [0.29, 0.717) is 10.7 Å². The maximum Gasteiger partial charge on any atom is 0.331 e. The molecule has 7 heteroatoms. The lowest BCUT2D eigenvalue weighted by Gasteiger charge is -2.22. The summed E-state index contributed by atoms with van der Waals surface area (Å²) in [6.07, 6.45) is 3.07. The minimum absolute atomic E-state index is 0.166. The molecule has 2 aromatic rings. The molecule has 0 aliphatic rings. The van der Waals surface area contributed by atoms with Crippen LogP contribution in [0.3, 0.4) is 0 Å². The number of rotatable bonds is 7. The predicted octanol–water partition coefficient (Wildman–Crippen LogP) is 4.21. The number of esters is 1. The Hall–Kier alpha value is -2.62. The summed E-state index contributed by atoms with van der Waals surface area (Å²) in [6.45, 7) is 1.63. The summed E-state index contributed by atoms with van der Waals surface area (Å²) in [5.74, 6) is -1.00. The third-order valence-electron chi connectivity index (χ3n) is 3.49. The monoisotopic (exact) mass is 388 g/mol. The highest BCUT2D eigenvalue weighted by Crippen LogP contribution is 2.23. The molecule has 0 spiro atoms. The van der Waals surface area contributed by atoms with Gasteiger partial charge in [-0.05, 0) is 59.2 Å². The van der Waals surface area contributed by atoms with E-state index in [1.54, 1.807) is 24.3 Å². The van der Waals surface area contributed by atoms with Crippen molar-refractivity contribution in [3.63, 3.8) is 0 Å². The van der Waals surface area contributed by atoms with E-state index in [2.05, 4.69) is 0 Å². The van der Waals surface area contributed by atoms with Crippen molar-refractivity contribution in [2.45, 2.75) is 13.3 Å². The van der Waals surface area contributed by atoms with Crippen LogP contribution < -0.4 is 4.90 Å². The largest absolute Gasteiger partial charge is 0.452 e. The van der Waals surface area contributed by atoms with Gasteiger partial charge in [-0.1, -0.05) is 11.6 Å². The van der Waals surface area contributed by atoms with Crippen LogP contribution in [0.4, 0.5) is 5.69 Å². The standard InChI is InChI=1S/C19H17ClN2O3S/c1-14-11-16(4-5-17(14)20)22(9-2-8-21)18(23)12-25-19(24)6-3-15-7-10-26-13-15/h3-7,10-11,13H,2,9,12H2,1H3/b6-3+. The fourth-order valence-corrected chi connectivity index (χ4v) is 2.90. The van der Waals surface area contributed by atoms with Gasteiger partial charge in [-0.3, -0.25) is 4.79 Å². The van der Waals surface area contributed by atoms with Crippen molar-refractivity contribution < 1.29 is 14.3 Å². The first kappa shape index (κ1) is 19.7. The Bertz CT molecular complexity index is 841. The van der Waals surface area contributed by atoms with Crippen LogP contribution in [0.5, 0.6) is 0 Å². The van der Waals surface area contributed by atoms with E-state index >= 15 is 0 Å². The van der Waals surface area contributed by atoms with Gasteiger partial charge in [-0.15, -0.1) is 0 Å². The highest BCUT2D eigenvalue weighted by Gasteiger charge is 2.17. The van der Waals surface area contributed by atoms with Crippen LogP contribution in [0, 0.1) is 18.3 Å². The molecule has 0 unspecified atom stereocenters. The molecule has 5 nitrogen and oxygen atoms in total.